The van der Waals surface area contributed by atoms with Gasteiger partial charge in [0, 0.05) is 6.04 Å². The molecular formula is C11H23NO. The van der Waals surface area contributed by atoms with E-state index >= 15 is 0 Å². The largest absolute Gasteiger partial charge is 0.361 e. The Balaban J connectivity index is 2.34. The Bertz CT molecular complexity index is 149. The van der Waals surface area contributed by atoms with E-state index in [1.54, 1.807) is 0 Å². The Morgan fingerprint density at radius 3 is 2.69 bits per heavy atom. The Labute approximate surface area is 82.3 Å². The molecule has 1 aliphatic rings. The molecule has 2 heteroatoms. The van der Waals surface area contributed by atoms with Crippen LogP contribution in [0.15, 0.2) is 0 Å². The minimum Gasteiger partial charge on any atom is -0.361 e. The SMILES string of the molecule is CCCC[C@H](C)[C@@H]1OC[C@@H](C)N1C. The van der Waals surface area contributed by atoms with Gasteiger partial charge in [0.25, 0.3) is 0 Å². The van der Waals surface area contributed by atoms with Crippen LogP contribution in [-0.4, -0.2) is 30.8 Å². The molecule has 0 radical (unpaired) electrons. The first-order valence-corrected chi connectivity index (χ1v) is 5.50. The van der Waals surface area contributed by atoms with Crippen LogP contribution in [0.4, 0.5) is 0 Å². The number of rotatable bonds is 4. The standard InChI is InChI=1S/C11H23NO/c1-5-6-7-9(2)11-12(4)10(3)8-13-11/h9-11H,5-8H2,1-4H3/t9-,10+,11-/m0/s1. The van der Waals surface area contributed by atoms with Crippen LogP contribution in [0, 0.1) is 5.92 Å². The first-order valence-electron chi connectivity index (χ1n) is 5.50. The van der Waals surface area contributed by atoms with Crippen LogP contribution in [0.5, 0.6) is 0 Å². The Morgan fingerprint density at radius 1 is 1.54 bits per heavy atom. The van der Waals surface area contributed by atoms with Gasteiger partial charge >= 0.3 is 0 Å². The van der Waals surface area contributed by atoms with Crippen molar-refractivity contribution in [1.29, 1.82) is 0 Å². The van der Waals surface area contributed by atoms with E-state index in [0.717, 1.165) is 6.61 Å². The molecule has 3 atom stereocenters. The van der Waals surface area contributed by atoms with Gasteiger partial charge in [0.15, 0.2) is 0 Å². The van der Waals surface area contributed by atoms with Gasteiger partial charge in [-0.15, -0.1) is 0 Å². The van der Waals surface area contributed by atoms with Crippen molar-refractivity contribution >= 4 is 0 Å². The van der Waals surface area contributed by atoms with Crippen LogP contribution in [-0.2, 0) is 4.74 Å². The number of hydrogen-bond acceptors (Lipinski definition) is 2. The zero-order valence-corrected chi connectivity index (χ0v) is 9.42. The average Bonchev–Trinajstić information content (AvgIpc) is 2.44. The fourth-order valence-electron chi connectivity index (χ4n) is 1.96. The summed E-state index contributed by atoms with van der Waals surface area (Å²) in [5.74, 6) is 0.676. The molecule has 0 bridgehead atoms. The monoisotopic (exact) mass is 185 g/mol. The third-order valence-electron chi connectivity index (χ3n) is 3.10. The van der Waals surface area contributed by atoms with Gasteiger partial charge in [0.05, 0.1) is 6.61 Å². The molecule has 0 aromatic heterocycles. The molecule has 2 nitrogen and oxygen atoms in total. The molecule has 0 spiro atoms. The highest BCUT2D eigenvalue weighted by atomic mass is 16.5. The van der Waals surface area contributed by atoms with Gasteiger partial charge in [-0.1, -0.05) is 26.7 Å². The normalized spacial score (nSPS) is 32.3. The fraction of sp³-hybridized carbons (Fsp3) is 1.00. The van der Waals surface area contributed by atoms with Gasteiger partial charge in [-0.2, -0.15) is 0 Å². The maximum absolute atomic E-state index is 5.76. The van der Waals surface area contributed by atoms with Crippen molar-refractivity contribution in [1.82, 2.24) is 4.90 Å². The summed E-state index contributed by atoms with van der Waals surface area (Å²) in [6, 6.07) is 0.592. The number of likely N-dealkylation sites (N-methyl/N-ethyl adjacent to an activating group) is 1. The molecule has 13 heavy (non-hydrogen) atoms. The van der Waals surface area contributed by atoms with Crippen molar-refractivity contribution in [2.24, 2.45) is 5.92 Å². The van der Waals surface area contributed by atoms with Crippen LogP contribution in [0.1, 0.15) is 40.0 Å². The Hall–Kier alpha value is -0.0800. The van der Waals surface area contributed by atoms with Crippen LogP contribution >= 0.6 is 0 Å². The smallest absolute Gasteiger partial charge is 0.113 e. The van der Waals surface area contributed by atoms with Crippen molar-refractivity contribution in [2.75, 3.05) is 13.7 Å². The minimum absolute atomic E-state index is 0.363. The fourth-order valence-corrected chi connectivity index (χ4v) is 1.96. The zero-order chi connectivity index (χ0) is 9.84. The molecule has 1 heterocycles. The summed E-state index contributed by atoms with van der Waals surface area (Å²) in [6.07, 6.45) is 4.26. The maximum atomic E-state index is 5.76. The van der Waals surface area contributed by atoms with E-state index in [9.17, 15) is 0 Å². The highest BCUT2D eigenvalue weighted by Crippen LogP contribution is 2.24. The molecule has 0 unspecified atom stereocenters. The summed E-state index contributed by atoms with van der Waals surface area (Å²) < 4.78 is 5.76. The molecule has 0 aromatic rings. The van der Waals surface area contributed by atoms with E-state index in [-0.39, 0.29) is 0 Å². The van der Waals surface area contributed by atoms with Gasteiger partial charge in [-0.3, -0.25) is 4.90 Å². The van der Waals surface area contributed by atoms with Crippen molar-refractivity contribution in [3.05, 3.63) is 0 Å². The molecule has 0 saturated carbocycles. The first-order chi connectivity index (χ1) is 6.16. The minimum atomic E-state index is 0.363. The van der Waals surface area contributed by atoms with Crippen molar-refractivity contribution in [2.45, 2.75) is 52.3 Å². The lowest BCUT2D eigenvalue weighted by atomic mass is 10.0. The van der Waals surface area contributed by atoms with Crippen LogP contribution < -0.4 is 0 Å². The summed E-state index contributed by atoms with van der Waals surface area (Å²) in [6.45, 7) is 7.67. The Morgan fingerprint density at radius 2 is 2.23 bits per heavy atom. The first kappa shape index (κ1) is 11.0. The number of ether oxygens (including phenoxy) is 1. The molecule has 0 N–H and O–H groups in total. The summed E-state index contributed by atoms with van der Waals surface area (Å²) in [5.41, 5.74) is 0. The third-order valence-corrected chi connectivity index (χ3v) is 3.10. The third kappa shape index (κ3) is 2.68. The van der Waals surface area contributed by atoms with E-state index in [2.05, 4.69) is 32.7 Å². The molecular weight excluding hydrogens is 162 g/mol. The lowest BCUT2D eigenvalue weighted by Gasteiger charge is -2.26. The van der Waals surface area contributed by atoms with Gasteiger partial charge in [0.2, 0.25) is 0 Å². The van der Waals surface area contributed by atoms with E-state index in [4.69, 9.17) is 4.74 Å². The van der Waals surface area contributed by atoms with Crippen molar-refractivity contribution in [3.63, 3.8) is 0 Å². The summed E-state index contributed by atoms with van der Waals surface area (Å²) in [7, 11) is 2.17. The van der Waals surface area contributed by atoms with Gasteiger partial charge in [-0.05, 0) is 26.3 Å². The summed E-state index contributed by atoms with van der Waals surface area (Å²) >= 11 is 0. The second-order valence-electron chi connectivity index (χ2n) is 4.36. The molecule has 1 rings (SSSR count). The van der Waals surface area contributed by atoms with Crippen molar-refractivity contribution < 1.29 is 4.74 Å². The van der Waals surface area contributed by atoms with Crippen LogP contribution in [0.2, 0.25) is 0 Å². The lowest BCUT2D eigenvalue weighted by Crippen LogP contribution is -2.35. The van der Waals surface area contributed by atoms with E-state index < -0.39 is 0 Å². The van der Waals surface area contributed by atoms with Gasteiger partial charge in [0.1, 0.15) is 6.23 Å². The summed E-state index contributed by atoms with van der Waals surface area (Å²) in [5, 5.41) is 0. The highest BCUT2D eigenvalue weighted by molar-refractivity contribution is 4.77. The molecule has 1 aliphatic heterocycles. The van der Waals surface area contributed by atoms with E-state index in [1.165, 1.54) is 19.3 Å². The maximum Gasteiger partial charge on any atom is 0.113 e. The molecule has 1 fully saturated rings. The molecule has 78 valence electrons. The molecule has 0 aliphatic carbocycles. The number of nitrogens with zero attached hydrogens (tertiary/aromatic N) is 1. The van der Waals surface area contributed by atoms with Crippen LogP contribution in [0.25, 0.3) is 0 Å². The quantitative estimate of drug-likeness (QED) is 0.667. The van der Waals surface area contributed by atoms with E-state index in [0.29, 0.717) is 18.2 Å². The number of unbranched alkanes of at least 4 members (excludes halogenated alkanes) is 1. The molecule has 0 aromatic carbocycles. The lowest BCUT2D eigenvalue weighted by molar-refractivity contribution is -0.00156. The molecule has 1 saturated heterocycles. The van der Waals surface area contributed by atoms with Crippen molar-refractivity contribution in [3.8, 4) is 0 Å². The van der Waals surface area contributed by atoms with Gasteiger partial charge in [-0.25, -0.2) is 0 Å². The Kier molecular flexibility index (Phi) is 4.20. The summed E-state index contributed by atoms with van der Waals surface area (Å²) in [4.78, 5) is 2.36. The van der Waals surface area contributed by atoms with E-state index in [1.807, 2.05) is 0 Å². The topological polar surface area (TPSA) is 12.5 Å². The average molecular weight is 185 g/mol. The van der Waals surface area contributed by atoms with Crippen LogP contribution in [0.3, 0.4) is 0 Å². The second kappa shape index (κ2) is 4.97. The van der Waals surface area contributed by atoms with Gasteiger partial charge < -0.3 is 4.74 Å². The second-order valence-corrected chi connectivity index (χ2v) is 4.36. The predicted octanol–water partition coefficient (Wildman–Crippen LogP) is 2.49. The number of hydrogen-bond donors (Lipinski definition) is 0. The zero-order valence-electron chi connectivity index (χ0n) is 9.42. The highest BCUT2D eigenvalue weighted by Gasteiger charge is 2.31. The molecule has 0 amide bonds. The predicted molar refractivity (Wildman–Crippen MR) is 55.7 cm³/mol.